The fourth-order valence-corrected chi connectivity index (χ4v) is 3.42. The molecule has 2 rings (SSSR count). The maximum Gasteiger partial charge on any atom is 0.248 e. The Morgan fingerprint density at radius 1 is 1.52 bits per heavy atom. The molecule has 6 N–H and O–H groups in total. The fourth-order valence-electron chi connectivity index (χ4n) is 3.42. The van der Waals surface area contributed by atoms with Crippen molar-refractivity contribution in [1.29, 1.82) is 0 Å². The Hall–Kier alpha value is -1.47. The summed E-state index contributed by atoms with van der Waals surface area (Å²) in [5.74, 6) is -0.427. The summed E-state index contributed by atoms with van der Waals surface area (Å²) in [7, 11) is 1.70. The average Bonchev–Trinajstić information content (AvgIpc) is 2.52. The molecule has 128 valence electrons. The first kappa shape index (κ1) is 17.9. The fraction of sp³-hybridized carbons (Fsp3) is 0.588. The van der Waals surface area contributed by atoms with Gasteiger partial charge in [0.2, 0.25) is 5.91 Å². The van der Waals surface area contributed by atoms with Crippen LogP contribution in [-0.4, -0.2) is 49.5 Å². The molecule has 6 nitrogen and oxygen atoms in total. The molecule has 23 heavy (non-hydrogen) atoms. The van der Waals surface area contributed by atoms with E-state index in [1.165, 1.54) is 0 Å². The largest absolute Gasteiger partial charge is 0.395 e. The lowest BCUT2D eigenvalue weighted by molar-refractivity contribution is 0.0344. The lowest BCUT2D eigenvalue weighted by Crippen LogP contribution is -2.58. The number of primary amides is 1. The molecule has 1 aromatic carbocycles. The zero-order chi connectivity index (χ0) is 17.2. The highest BCUT2D eigenvalue weighted by molar-refractivity contribution is 5.93. The zero-order valence-electron chi connectivity index (χ0n) is 14.0. The molecule has 0 spiro atoms. The molecule has 1 amide bonds. The molecule has 1 aromatic rings. The summed E-state index contributed by atoms with van der Waals surface area (Å²) in [6, 6.07) is 5.30. The summed E-state index contributed by atoms with van der Waals surface area (Å²) < 4.78 is 5.68. The van der Waals surface area contributed by atoms with Crippen molar-refractivity contribution in [1.82, 2.24) is 5.32 Å². The summed E-state index contributed by atoms with van der Waals surface area (Å²) in [4.78, 5) is 11.5. The number of aliphatic hydroxyl groups excluding tert-OH is 1. The number of nitrogens with two attached hydrogens (primary N) is 2. The number of ether oxygens (including phenoxy) is 1. The minimum absolute atomic E-state index is 0.0113. The third kappa shape index (κ3) is 3.55. The minimum Gasteiger partial charge on any atom is -0.395 e. The number of hydrogen-bond acceptors (Lipinski definition) is 5. The second-order valence-corrected chi connectivity index (χ2v) is 6.76. The molecule has 3 atom stereocenters. The summed E-state index contributed by atoms with van der Waals surface area (Å²) in [6.45, 7) is 4.66. The number of nitrogens with one attached hydrogen (secondary N) is 1. The van der Waals surface area contributed by atoms with Crippen molar-refractivity contribution in [2.45, 2.75) is 43.9 Å². The lowest BCUT2D eigenvalue weighted by atomic mass is 9.67. The maximum absolute atomic E-state index is 11.5. The van der Waals surface area contributed by atoms with E-state index in [1.54, 1.807) is 13.2 Å². The lowest BCUT2D eigenvalue weighted by Gasteiger charge is -2.45. The van der Waals surface area contributed by atoms with Crippen molar-refractivity contribution < 1.29 is 14.6 Å². The number of fused-ring (bicyclic) bond motifs is 1. The summed E-state index contributed by atoms with van der Waals surface area (Å²) in [6.07, 6.45) is 0.739. The van der Waals surface area contributed by atoms with Gasteiger partial charge in [-0.05, 0) is 23.3 Å². The second-order valence-electron chi connectivity index (χ2n) is 6.76. The standard InChI is InChI=1S/C17H27N3O3/c1-17(2)13-6-11(16(19)22)5-4-10(13)7-14(23-3)15(17)20-8-12(18)9-21/h4-6,12,14-15,20-21H,7-9,18H2,1-3H3,(H2,19,22)/t12-,14?,15?/m1/s1. The number of rotatable bonds is 6. The third-order valence-corrected chi connectivity index (χ3v) is 4.80. The molecule has 0 saturated carbocycles. The van der Waals surface area contributed by atoms with Crippen molar-refractivity contribution in [2.24, 2.45) is 11.5 Å². The first-order valence-electron chi connectivity index (χ1n) is 7.87. The highest BCUT2D eigenvalue weighted by Gasteiger charge is 2.42. The van der Waals surface area contributed by atoms with E-state index in [2.05, 4.69) is 19.2 Å². The van der Waals surface area contributed by atoms with E-state index < -0.39 is 5.91 Å². The van der Waals surface area contributed by atoms with E-state index in [4.69, 9.17) is 21.3 Å². The number of benzene rings is 1. The molecule has 0 bridgehead atoms. The molecule has 0 fully saturated rings. The van der Waals surface area contributed by atoms with E-state index in [0.29, 0.717) is 12.1 Å². The molecule has 1 aliphatic rings. The highest BCUT2D eigenvalue weighted by atomic mass is 16.5. The summed E-state index contributed by atoms with van der Waals surface area (Å²) in [5, 5.41) is 12.6. The van der Waals surface area contributed by atoms with Gasteiger partial charge in [-0.1, -0.05) is 19.9 Å². The van der Waals surface area contributed by atoms with Crippen LogP contribution in [0.25, 0.3) is 0 Å². The Balaban J connectivity index is 2.36. The molecule has 0 radical (unpaired) electrons. The van der Waals surface area contributed by atoms with E-state index >= 15 is 0 Å². The molecule has 0 saturated heterocycles. The molecule has 0 heterocycles. The van der Waals surface area contributed by atoms with Crippen molar-refractivity contribution in [2.75, 3.05) is 20.3 Å². The second kappa shape index (κ2) is 6.97. The van der Waals surface area contributed by atoms with Crippen LogP contribution in [0.4, 0.5) is 0 Å². The van der Waals surface area contributed by atoms with Crippen LogP contribution in [0.2, 0.25) is 0 Å². The number of methoxy groups -OCH3 is 1. The zero-order valence-corrected chi connectivity index (χ0v) is 14.0. The van der Waals surface area contributed by atoms with Crippen LogP contribution in [0.1, 0.15) is 35.3 Å². The van der Waals surface area contributed by atoms with E-state index in [0.717, 1.165) is 17.5 Å². The first-order valence-corrected chi connectivity index (χ1v) is 7.87. The molecular weight excluding hydrogens is 294 g/mol. The van der Waals surface area contributed by atoms with Gasteiger partial charge in [0.1, 0.15) is 0 Å². The van der Waals surface area contributed by atoms with Crippen molar-refractivity contribution >= 4 is 5.91 Å². The number of carbonyl (C=O) groups excluding carboxylic acids is 1. The average molecular weight is 321 g/mol. The minimum atomic E-state index is -0.427. The predicted octanol–water partition coefficient (Wildman–Crippen LogP) is -0.0880. The van der Waals surface area contributed by atoms with Crippen molar-refractivity contribution in [3.8, 4) is 0 Å². The van der Waals surface area contributed by atoms with Crippen LogP contribution in [0.5, 0.6) is 0 Å². The highest BCUT2D eigenvalue weighted by Crippen LogP contribution is 2.38. The summed E-state index contributed by atoms with van der Waals surface area (Å²) in [5.41, 5.74) is 13.7. The van der Waals surface area contributed by atoms with Gasteiger partial charge in [0.15, 0.2) is 0 Å². The SMILES string of the molecule is COC1Cc2ccc(C(N)=O)cc2C(C)(C)C1NC[C@@H](N)CO. The van der Waals surface area contributed by atoms with Crippen LogP contribution >= 0.6 is 0 Å². The molecule has 2 unspecified atom stereocenters. The van der Waals surface area contributed by atoms with Gasteiger partial charge in [0, 0.05) is 43.1 Å². The van der Waals surface area contributed by atoms with Crippen LogP contribution in [0, 0.1) is 0 Å². The normalized spacial score (nSPS) is 24.0. The maximum atomic E-state index is 11.5. The van der Waals surface area contributed by atoms with E-state index in [1.807, 2.05) is 12.1 Å². The van der Waals surface area contributed by atoms with Gasteiger partial charge in [-0.15, -0.1) is 0 Å². The van der Waals surface area contributed by atoms with Gasteiger partial charge < -0.3 is 26.6 Å². The topological polar surface area (TPSA) is 111 Å². The van der Waals surface area contributed by atoms with Crippen LogP contribution in [0.3, 0.4) is 0 Å². The molecule has 1 aliphatic carbocycles. The predicted molar refractivity (Wildman–Crippen MR) is 89.3 cm³/mol. The number of aliphatic hydroxyl groups is 1. The quantitative estimate of drug-likeness (QED) is 0.585. The molecular formula is C17H27N3O3. The number of carbonyl (C=O) groups is 1. The van der Waals surface area contributed by atoms with E-state index in [-0.39, 0.29) is 30.2 Å². The van der Waals surface area contributed by atoms with Crippen LogP contribution < -0.4 is 16.8 Å². The monoisotopic (exact) mass is 321 g/mol. The smallest absolute Gasteiger partial charge is 0.248 e. The van der Waals surface area contributed by atoms with Gasteiger partial charge in [0.05, 0.1) is 12.7 Å². The number of amides is 1. The Labute approximate surface area is 137 Å². The van der Waals surface area contributed by atoms with Crippen LogP contribution in [0.15, 0.2) is 18.2 Å². The molecule has 0 aliphatic heterocycles. The summed E-state index contributed by atoms with van der Waals surface area (Å²) >= 11 is 0. The van der Waals surface area contributed by atoms with Gasteiger partial charge >= 0.3 is 0 Å². The van der Waals surface area contributed by atoms with Gasteiger partial charge in [-0.2, -0.15) is 0 Å². The third-order valence-electron chi connectivity index (χ3n) is 4.80. The Morgan fingerprint density at radius 2 is 2.22 bits per heavy atom. The van der Waals surface area contributed by atoms with Gasteiger partial charge in [-0.25, -0.2) is 0 Å². The van der Waals surface area contributed by atoms with Crippen molar-refractivity contribution in [3.05, 3.63) is 34.9 Å². The number of hydrogen-bond donors (Lipinski definition) is 4. The molecule has 6 heteroatoms. The van der Waals surface area contributed by atoms with Crippen molar-refractivity contribution in [3.63, 3.8) is 0 Å². The van der Waals surface area contributed by atoms with Crippen LogP contribution in [-0.2, 0) is 16.6 Å². The van der Waals surface area contributed by atoms with E-state index in [9.17, 15) is 4.79 Å². The Morgan fingerprint density at radius 3 is 2.78 bits per heavy atom. The van der Waals surface area contributed by atoms with Gasteiger partial charge in [-0.3, -0.25) is 4.79 Å². The van der Waals surface area contributed by atoms with Gasteiger partial charge in [0.25, 0.3) is 0 Å². The Bertz CT molecular complexity index is 574. The molecule has 0 aromatic heterocycles. The Kier molecular flexibility index (Phi) is 5.41. The first-order chi connectivity index (χ1) is 10.8.